The smallest absolute Gasteiger partial charge is 0.406 e. The minimum Gasteiger partial charge on any atom is -0.406 e. The number of aromatic nitrogens is 3. The number of aromatic amines is 1. The number of nitrogens with one attached hydrogen (secondary N) is 3. The maximum atomic E-state index is 12.7. The van der Waals surface area contributed by atoms with Crippen molar-refractivity contribution >= 4 is 22.4 Å². The Kier molecular flexibility index (Phi) is 6.38. The summed E-state index contributed by atoms with van der Waals surface area (Å²) in [5.41, 5.74) is 0.694. The number of benzene rings is 1. The zero-order valence-corrected chi connectivity index (χ0v) is 19.7. The Morgan fingerprint density at radius 1 is 1.19 bits per heavy atom. The maximum absolute atomic E-state index is 12.7. The monoisotopic (exact) mass is 500 g/mol. The van der Waals surface area contributed by atoms with Crippen LogP contribution in [0.2, 0.25) is 0 Å². The fourth-order valence-corrected chi connectivity index (χ4v) is 5.16. The third-order valence-electron chi connectivity index (χ3n) is 7.10. The zero-order chi connectivity index (χ0) is 25.4. The van der Waals surface area contributed by atoms with E-state index < -0.39 is 6.36 Å². The Bertz CT molecular complexity index is 1320. The van der Waals surface area contributed by atoms with Crippen molar-refractivity contribution in [2.45, 2.75) is 63.5 Å². The molecule has 0 radical (unpaired) electrons. The van der Waals surface area contributed by atoms with Crippen LogP contribution in [0, 0.1) is 23.2 Å². The Labute approximate surface area is 205 Å². The van der Waals surface area contributed by atoms with Gasteiger partial charge in [0.1, 0.15) is 11.1 Å². The molecule has 36 heavy (non-hydrogen) atoms. The predicted octanol–water partition coefficient (Wildman–Crippen LogP) is 4.99. The summed E-state index contributed by atoms with van der Waals surface area (Å²) in [4.78, 5) is 15.4. The number of pyridine rings is 1. The molecule has 2 fully saturated rings. The number of hydrogen-bond donors (Lipinski definition) is 3. The third kappa shape index (κ3) is 5.18. The van der Waals surface area contributed by atoms with Crippen molar-refractivity contribution in [3.63, 3.8) is 0 Å². The first-order valence-electron chi connectivity index (χ1n) is 12.1. The van der Waals surface area contributed by atoms with E-state index in [0.717, 1.165) is 18.8 Å². The minimum atomic E-state index is -4.78. The molecule has 1 aromatic carbocycles. The standard InChI is InChI=1S/C25H27F3N6O2/c1-14(15-2-3-15)31-18-6-9-20(16(12-18)13-29)34-21-10-11-30-24(35)22(21)23(33-34)32-17-4-7-19(8-5-17)36-25(26,27)28/h4-5,7-8,10-11,14-16,18,20,31H,2-3,6,9,12H2,1H3,(H,30,35)(H,32,33)/t14-,16+,18-,20-/m0/s1. The molecule has 5 rings (SSSR count). The number of hydrogen-bond acceptors (Lipinski definition) is 6. The molecule has 3 N–H and O–H groups in total. The van der Waals surface area contributed by atoms with Gasteiger partial charge in [-0.25, -0.2) is 0 Å². The maximum Gasteiger partial charge on any atom is 0.573 e. The van der Waals surface area contributed by atoms with E-state index in [0.29, 0.717) is 29.1 Å². The average Bonchev–Trinajstić information content (AvgIpc) is 3.62. The van der Waals surface area contributed by atoms with Crippen LogP contribution in [-0.4, -0.2) is 33.2 Å². The van der Waals surface area contributed by atoms with Crippen molar-refractivity contribution in [1.82, 2.24) is 20.1 Å². The number of rotatable bonds is 7. The molecule has 2 heterocycles. The summed E-state index contributed by atoms with van der Waals surface area (Å²) in [5.74, 6) is 0.375. The molecular formula is C25H27F3N6O2. The summed E-state index contributed by atoms with van der Waals surface area (Å²) in [6, 6.07) is 9.91. The van der Waals surface area contributed by atoms with Gasteiger partial charge in [-0.15, -0.1) is 13.2 Å². The largest absolute Gasteiger partial charge is 0.573 e. The molecule has 0 saturated heterocycles. The first-order chi connectivity index (χ1) is 17.2. The SMILES string of the molecule is C[C@H](N[C@H]1CC[C@H](n2nc(Nc3ccc(OC(F)(F)F)cc3)c3c(=O)[nH]ccc32)[C@@H](C#N)C1)C1CC1. The summed E-state index contributed by atoms with van der Waals surface area (Å²) >= 11 is 0. The van der Waals surface area contributed by atoms with Gasteiger partial charge in [-0.05, 0) is 75.3 Å². The molecule has 0 spiro atoms. The van der Waals surface area contributed by atoms with Gasteiger partial charge >= 0.3 is 6.36 Å². The Morgan fingerprint density at radius 2 is 1.94 bits per heavy atom. The van der Waals surface area contributed by atoms with Crippen LogP contribution in [-0.2, 0) is 0 Å². The van der Waals surface area contributed by atoms with Crippen LogP contribution >= 0.6 is 0 Å². The molecule has 8 nitrogen and oxygen atoms in total. The second-order valence-corrected chi connectivity index (χ2v) is 9.66. The Balaban J connectivity index is 1.40. The van der Waals surface area contributed by atoms with Gasteiger partial charge in [0.05, 0.1) is 23.5 Å². The lowest BCUT2D eigenvalue weighted by Crippen LogP contribution is -2.43. The van der Waals surface area contributed by atoms with Crippen molar-refractivity contribution in [2.24, 2.45) is 11.8 Å². The van der Waals surface area contributed by atoms with Crippen LogP contribution < -0.4 is 20.9 Å². The first-order valence-corrected chi connectivity index (χ1v) is 12.1. The van der Waals surface area contributed by atoms with Crippen molar-refractivity contribution in [2.75, 3.05) is 5.32 Å². The van der Waals surface area contributed by atoms with Crippen molar-refractivity contribution in [3.8, 4) is 11.8 Å². The van der Waals surface area contributed by atoms with Gasteiger partial charge in [0.25, 0.3) is 5.56 Å². The number of halogens is 3. The number of nitrogens with zero attached hydrogens (tertiary/aromatic N) is 3. The second-order valence-electron chi connectivity index (χ2n) is 9.66. The van der Waals surface area contributed by atoms with E-state index in [1.807, 2.05) is 0 Å². The lowest BCUT2D eigenvalue weighted by Gasteiger charge is -2.35. The van der Waals surface area contributed by atoms with E-state index in [4.69, 9.17) is 0 Å². The van der Waals surface area contributed by atoms with E-state index in [1.165, 1.54) is 37.1 Å². The Morgan fingerprint density at radius 3 is 2.61 bits per heavy atom. The predicted molar refractivity (Wildman–Crippen MR) is 128 cm³/mol. The van der Waals surface area contributed by atoms with E-state index in [9.17, 15) is 23.2 Å². The summed E-state index contributed by atoms with van der Waals surface area (Å²) < 4.78 is 43.0. The van der Waals surface area contributed by atoms with Gasteiger partial charge in [-0.2, -0.15) is 10.4 Å². The van der Waals surface area contributed by atoms with Crippen LogP contribution in [0.1, 0.15) is 45.1 Å². The first kappa shape index (κ1) is 24.2. The number of H-pyrrole nitrogens is 1. The van der Waals surface area contributed by atoms with Crippen LogP contribution in [0.4, 0.5) is 24.7 Å². The highest BCUT2D eigenvalue weighted by atomic mass is 19.4. The molecule has 190 valence electrons. The molecule has 0 unspecified atom stereocenters. The van der Waals surface area contributed by atoms with E-state index >= 15 is 0 Å². The lowest BCUT2D eigenvalue weighted by atomic mass is 9.82. The summed E-state index contributed by atoms with van der Waals surface area (Å²) in [6.07, 6.45) is 1.61. The highest BCUT2D eigenvalue weighted by Gasteiger charge is 2.36. The molecule has 0 aliphatic heterocycles. The molecule has 2 saturated carbocycles. The van der Waals surface area contributed by atoms with Gasteiger partial charge in [-0.3, -0.25) is 9.48 Å². The summed E-state index contributed by atoms with van der Waals surface area (Å²) in [5, 5.41) is 21.7. The van der Waals surface area contributed by atoms with Crippen LogP contribution in [0.3, 0.4) is 0 Å². The van der Waals surface area contributed by atoms with Gasteiger partial charge in [0, 0.05) is 24.0 Å². The van der Waals surface area contributed by atoms with E-state index in [-0.39, 0.29) is 35.1 Å². The van der Waals surface area contributed by atoms with Gasteiger partial charge < -0.3 is 20.4 Å². The molecule has 2 aliphatic rings. The molecular weight excluding hydrogens is 473 g/mol. The fraction of sp³-hybridized carbons (Fsp3) is 0.480. The van der Waals surface area contributed by atoms with Crippen molar-refractivity contribution < 1.29 is 17.9 Å². The number of nitriles is 1. The third-order valence-corrected chi connectivity index (χ3v) is 7.10. The normalized spacial score (nSPS) is 23.2. The molecule has 11 heteroatoms. The van der Waals surface area contributed by atoms with Gasteiger partial charge in [-0.1, -0.05) is 0 Å². The fourth-order valence-electron chi connectivity index (χ4n) is 5.16. The summed E-state index contributed by atoms with van der Waals surface area (Å²) in [6.45, 7) is 2.21. The Hall–Kier alpha value is -3.52. The van der Waals surface area contributed by atoms with Crippen LogP contribution in [0.25, 0.3) is 10.9 Å². The topological polar surface area (TPSA) is 108 Å². The quantitative estimate of drug-likeness (QED) is 0.422. The lowest BCUT2D eigenvalue weighted by molar-refractivity contribution is -0.274. The molecule has 2 aliphatic carbocycles. The summed E-state index contributed by atoms with van der Waals surface area (Å²) in [7, 11) is 0. The number of fused-ring (bicyclic) bond motifs is 1. The molecule has 2 aromatic heterocycles. The molecule has 3 aromatic rings. The van der Waals surface area contributed by atoms with Crippen molar-refractivity contribution in [1.29, 1.82) is 5.26 Å². The van der Waals surface area contributed by atoms with Gasteiger partial charge in [0.15, 0.2) is 5.82 Å². The van der Waals surface area contributed by atoms with E-state index in [2.05, 4.69) is 38.4 Å². The minimum absolute atomic E-state index is 0.202. The highest BCUT2D eigenvalue weighted by Crippen LogP contribution is 2.38. The molecule has 4 atom stereocenters. The molecule has 0 amide bonds. The highest BCUT2D eigenvalue weighted by molar-refractivity contribution is 5.91. The number of ether oxygens (including phenoxy) is 1. The zero-order valence-electron chi connectivity index (χ0n) is 19.7. The van der Waals surface area contributed by atoms with E-state index in [1.54, 1.807) is 16.9 Å². The van der Waals surface area contributed by atoms with Gasteiger partial charge in [0.2, 0.25) is 0 Å². The number of anilines is 2. The van der Waals surface area contributed by atoms with Crippen LogP contribution in [0.15, 0.2) is 41.3 Å². The average molecular weight is 501 g/mol. The van der Waals surface area contributed by atoms with Crippen LogP contribution in [0.5, 0.6) is 5.75 Å². The second kappa shape index (κ2) is 9.50. The number of alkyl halides is 3. The molecule has 0 bridgehead atoms. The van der Waals surface area contributed by atoms with Crippen molar-refractivity contribution in [3.05, 3.63) is 46.9 Å².